The molecule has 0 bridgehead atoms. The molecule has 0 amide bonds. The Labute approximate surface area is 187 Å². The van der Waals surface area contributed by atoms with Gasteiger partial charge < -0.3 is 9.30 Å². The molecule has 0 aliphatic carbocycles. The van der Waals surface area contributed by atoms with Crippen LogP contribution in [0.25, 0.3) is 0 Å². The number of aromatic nitrogens is 4. The summed E-state index contributed by atoms with van der Waals surface area (Å²) in [5, 5.41) is 0.427. The number of esters is 1. The summed E-state index contributed by atoms with van der Waals surface area (Å²) < 4.78 is 33.4. The second-order valence-electron chi connectivity index (χ2n) is 6.92. The highest BCUT2D eigenvalue weighted by molar-refractivity contribution is 7.98. The molecule has 0 atom stereocenters. The van der Waals surface area contributed by atoms with Crippen LogP contribution in [0.1, 0.15) is 36.5 Å². The van der Waals surface area contributed by atoms with Crippen LogP contribution in [-0.2, 0) is 28.2 Å². The Morgan fingerprint density at radius 2 is 1.94 bits per heavy atom. The minimum atomic E-state index is -0.927. The first-order valence-corrected chi connectivity index (χ1v) is 11.0. The molecule has 3 rings (SSSR count). The lowest BCUT2D eigenvalue weighted by atomic mass is 10.1. The van der Waals surface area contributed by atoms with Gasteiger partial charge in [-0.3, -0.25) is 9.59 Å². The Hall–Kier alpha value is -3.14. The van der Waals surface area contributed by atoms with E-state index in [1.807, 2.05) is 0 Å². The third kappa shape index (κ3) is 6.68. The van der Waals surface area contributed by atoms with Crippen molar-refractivity contribution in [1.29, 1.82) is 0 Å². The van der Waals surface area contributed by atoms with Gasteiger partial charge in [-0.1, -0.05) is 17.8 Å². The Morgan fingerprint density at radius 1 is 1.16 bits per heavy atom. The summed E-state index contributed by atoms with van der Waals surface area (Å²) in [6.07, 6.45) is 7.42. The lowest BCUT2D eigenvalue weighted by molar-refractivity contribution is -0.143. The van der Waals surface area contributed by atoms with Gasteiger partial charge in [-0.2, -0.15) is 4.98 Å². The van der Waals surface area contributed by atoms with Crippen LogP contribution in [0.15, 0.2) is 53.1 Å². The predicted octanol–water partition coefficient (Wildman–Crippen LogP) is 3.54. The average molecular weight is 461 g/mol. The predicted molar refractivity (Wildman–Crippen MR) is 115 cm³/mol. The number of ether oxygens (including phenoxy) is 1. The summed E-state index contributed by atoms with van der Waals surface area (Å²) >= 11 is 1.23. The molecular weight excluding hydrogens is 438 g/mol. The average Bonchev–Trinajstić information content (AvgIpc) is 2.78. The summed E-state index contributed by atoms with van der Waals surface area (Å²) in [6, 6.07) is 3.67. The van der Waals surface area contributed by atoms with Crippen molar-refractivity contribution in [2.45, 2.75) is 43.6 Å². The maximum atomic E-state index is 13.5. The van der Waals surface area contributed by atoms with E-state index in [1.165, 1.54) is 24.2 Å². The van der Waals surface area contributed by atoms with Crippen molar-refractivity contribution in [3.63, 3.8) is 0 Å². The summed E-state index contributed by atoms with van der Waals surface area (Å²) in [6.45, 7) is 2.50. The van der Waals surface area contributed by atoms with Crippen molar-refractivity contribution in [3.8, 4) is 0 Å². The fraction of sp³-hybridized carbons (Fsp3) is 0.318. The van der Waals surface area contributed by atoms with Crippen LogP contribution in [0.5, 0.6) is 0 Å². The second-order valence-corrected chi connectivity index (χ2v) is 7.86. The van der Waals surface area contributed by atoms with Gasteiger partial charge in [0.1, 0.15) is 6.33 Å². The van der Waals surface area contributed by atoms with Crippen LogP contribution in [-0.4, -0.2) is 32.1 Å². The van der Waals surface area contributed by atoms with E-state index in [4.69, 9.17) is 4.74 Å². The molecule has 7 nitrogen and oxygen atoms in total. The minimum absolute atomic E-state index is 0.231. The monoisotopic (exact) mass is 460 g/mol. The summed E-state index contributed by atoms with van der Waals surface area (Å²) in [4.78, 5) is 36.4. The van der Waals surface area contributed by atoms with Gasteiger partial charge in [-0.15, -0.1) is 0 Å². The summed E-state index contributed by atoms with van der Waals surface area (Å²) in [5.41, 5.74) is 1.41. The van der Waals surface area contributed by atoms with Gasteiger partial charge in [0, 0.05) is 49.3 Å². The smallest absolute Gasteiger partial charge is 0.305 e. The molecule has 168 valence electrons. The third-order valence-corrected chi connectivity index (χ3v) is 5.54. The lowest BCUT2D eigenvalue weighted by Crippen LogP contribution is -2.20. The van der Waals surface area contributed by atoms with Gasteiger partial charge in [-0.05, 0) is 36.6 Å². The first-order chi connectivity index (χ1) is 15.5. The second kappa shape index (κ2) is 11.5. The number of hydrogen-bond donors (Lipinski definition) is 0. The van der Waals surface area contributed by atoms with Gasteiger partial charge in [0.25, 0.3) is 5.56 Å². The van der Waals surface area contributed by atoms with Gasteiger partial charge in [0.2, 0.25) is 0 Å². The largest absolute Gasteiger partial charge is 0.466 e. The summed E-state index contributed by atoms with van der Waals surface area (Å²) in [7, 11) is 0. The maximum absolute atomic E-state index is 13.5. The first-order valence-electron chi connectivity index (χ1n) is 10.0. The van der Waals surface area contributed by atoms with E-state index in [1.54, 1.807) is 30.1 Å². The fourth-order valence-corrected chi connectivity index (χ4v) is 3.90. The Balaban J connectivity index is 1.80. The van der Waals surface area contributed by atoms with Crippen molar-refractivity contribution < 1.29 is 18.3 Å². The Morgan fingerprint density at radius 3 is 2.66 bits per heavy atom. The number of nitrogens with zero attached hydrogens (tertiary/aromatic N) is 4. The fourth-order valence-electron chi connectivity index (χ4n) is 2.96. The molecule has 0 aliphatic rings. The topological polar surface area (TPSA) is 87.0 Å². The number of halogens is 2. The number of thioether (sulfide) groups is 1. The highest BCUT2D eigenvalue weighted by Crippen LogP contribution is 2.22. The number of carbonyl (C=O) groups excluding carboxylic acids is 1. The van der Waals surface area contributed by atoms with Crippen LogP contribution in [0.2, 0.25) is 0 Å². The maximum Gasteiger partial charge on any atom is 0.305 e. The van der Waals surface area contributed by atoms with Gasteiger partial charge in [0.05, 0.1) is 6.61 Å². The minimum Gasteiger partial charge on any atom is -0.466 e. The zero-order valence-electron chi connectivity index (χ0n) is 17.5. The molecule has 0 spiro atoms. The number of aryl methyl sites for hydroxylation is 1. The van der Waals surface area contributed by atoms with Crippen molar-refractivity contribution in [1.82, 2.24) is 19.5 Å². The van der Waals surface area contributed by atoms with Crippen LogP contribution in [0, 0.1) is 11.6 Å². The zero-order chi connectivity index (χ0) is 22.9. The highest BCUT2D eigenvalue weighted by Gasteiger charge is 2.12. The van der Waals surface area contributed by atoms with E-state index >= 15 is 0 Å². The number of rotatable bonds is 10. The molecule has 0 saturated heterocycles. The number of carbonyl (C=O) groups is 1. The third-order valence-electron chi connectivity index (χ3n) is 4.48. The molecule has 0 radical (unpaired) electrons. The normalized spacial score (nSPS) is 10.8. The van der Waals surface area contributed by atoms with E-state index in [9.17, 15) is 18.4 Å². The van der Waals surface area contributed by atoms with Gasteiger partial charge in [-0.25, -0.2) is 18.7 Å². The van der Waals surface area contributed by atoms with Crippen LogP contribution >= 0.6 is 11.8 Å². The molecule has 0 unspecified atom stereocenters. The first kappa shape index (κ1) is 23.5. The van der Waals surface area contributed by atoms with Crippen LogP contribution in [0.4, 0.5) is 8.78 Å². The van der Waals surface area contributed by atoms with Gasteiger partial charge >= 0.3 is 5.97 Å². The van der Waals surface area contributed by atoms with Crippen molar-refractivity contribution in [2.75, 3.05) is 6.61 Å². The van der Waals surface area contributed by atoms with Crippen molar-refractivity contribution in [3.05, 3.63) is 81.8 Å². The molecular formula is C22H22F2N4O3S. The number of hydrogen-bond acceptors (Lipinski definition) is 7. The SMILES string of the molecule is CCOC(=O)CCCn1cc(Cc2cncnc2)c(=O)nc1SCc1ccc(F)c(F)c1. The molecule has 32 heavy (non-hydrogen) atoms. The molecule has 1 aromatic carbocycles. The molecule has 0 saturated carbocycles. The molecule has 0 fully saturated rings. The standard InChI is InChI=1S/C22H22F2N4O3S/c1-2-31-20(29)4-3-7-28-12-17(8-16-10-25-14-26-11-16)21(30)27-22(28)32-13-15-5-6-18(23)19(24)9-15/h5-6,9-12,14H,2-4,7-8,13H2,1H3. The number of benzene rings is 1. The lowest BCUT2D eigenvalue weighted by Gasteiger charge is -2.14. The Kier molecular flexibility index (Phi) is 8.43. The van der Waals surface area contributed by atoms with Crippen molar-refractivity contribution in [2.24, 2.45) is 0 Å². The zero-order valence-corrected chi connectivity index (χ0v) is 18.3. The van der Waals surface area contributed by atoms with E-state index in [2.05, 4.69) is 15.0 Å². The van der Waals surface area contributed by atoms with E-state index in [-0.39, 0.29) is 17.9 Å². The quantitative estimate of drug-likeness (QED) is 0.260. The molecule has 3 aromatic rings. The van der Waals surface area contributed by atoms with Crippen LogP contribution in [0.3, 0.4) is 0 Å². The van der Waals surface area contributed by atoms with Gasteiger partial charge in [0.15, 0.2) is 16.8 Å². The molecule has 0 N–H and O–H groups in total. The van der Waals surface area contributed by atoms with E-state index < -0.39 is 11.6 Å². The van der Waals surface area contributed by atoms with Crippen molar-refractivity contribution >= 4 is 17.7 Å². The van der Waals surface area contributed by atoms with E-state index in [0.717, 1.165) is 17.7 Å². The molecule has 2 aromatic heterocycles. The molecule has 10 heteroatoms. The Bertz CT molecular complexity index is 1130. The molecule has 0 aliphatic heterocycles. The van der Waals surface area contributed by atoms with Crippen LogP contribution < -0.4 is 5.56 Å². The highest BCUT2D eigenvalue weighted by atomic mass is 32.2. The summed E-state index contributed by atoms with van der Waals surface area (Å²) in [5.74, 6) is -1.84. The molecule has 2 heterocycles. The van der Waals surface area contributed by atoms with E-state index in [0.29, 0.717) is 48.0 Å².